The lowest BCUT2D eigenvalue weighted by atomic mass is 10.2. The number of aromatic carboxylic acids is 1. The zero-order valence-corrected chi connectivity index (χ0v) is 10.1. The largest absolute Gasteiger partial charge is 0.478 e. The summed E-state index contributed by atoms with van der Waals surface area (Å²) in [5, 5.41) is 8.86. The first kappa shape index (κ1) is 13.1. The van der Waals surface area contributed by atoms with E-state index in [2.05, 4.69) is 15.9 Å². The molecule has 0 aliphatic rings. The lowest BCUT2D eigenvalue weighted by molar-refractivity contribution is -0.141. The Hall–Kier alpha value is -0.980. The minimum Gasteiger partial charge on any atom is -0.478 e. The number of aromatic nitrogens is 1. The quantitative estimate of drug-likeness (QED) is 0.911. The topological polar surface area (TPSA) is 42.2 Å². The fourth-order valence-corrected chi connectivity index (χ4v) is 2.18. The molecule has 0 radical (unpaired) electrons. The van der Waals surface area contributed by atoms with E-state index in [-0.39, 0.29) is 21.4 Å². The van der Waals surface area contributed by atoms with Gasteiger partial charge in [0, 0.05) is 11.4 Å². The average Bonchev–Trinajstić information content (AvgIpc) is 2.27. The van der Waals surface area contributed by atoms with Gasteiger partial charge in [0.15, 0.2) is 0 Å². The molecule has 0 spiro atoms. The molecule has 0 aromatic carbocycles. The number of carbonyl (C=O) groups is 1. The van der Waals surface area contributed by atoms with E-state index in [0.29, 0.717) is 0 Å². The molecule has 1 aromatic rings. The third-order valence-corrected chi connectivity index (χ3v) is 3.23. The summed E-state index contributed by atoms with van der Waals surface area (Å²) in [6.45, 7) is 1.61. The molecule has 0 atom stereocenters. The molecule has 0 saturated carbocycles. The summed E-state index contributed by atoms with van der Waals surface area (Å²) in [6.07, 6.45) is -4.37. The molecule has 16 heavy (non-hydrogen) atoms. The number of alkyl halides is 3. The maximum Gasteiger partial charge on any atom is 0.406 e. The van der Waals surface area contributed by atoms with Crippen LogP contribution in [0.15, 0.2) is 4.47 Å². The van der Waals surface area contributed by atoms with Gasteiger partial charge in [0.1, 0.15) is 6.54 Å². The zero-order valence-electron chi connectivity index (χ0n) is 8.52. The van der Waals surface area contributed by atoms with Crippen LogP contribution in [0.1, 0.15) is 21.7 Å². The molecule has 1 rings (SSSR count). The van der Waals surface area contributed by atoms with Crippen molar-refractivity contribution in [2.45, 2.75) is 26.6 Å². The number of carboxylic acid groups (broad SMARTS) is 1. The molecule has 0 unspecified atom stereocenters. The van der Waals surface area contributed by atoms with Crippen molar-refractivity contribution >= 4 is 21.9 Å². The van der Waals surface area contributed by atoms with Crippen LogP contribution in [0.5, 0.6) is 0 Å². The molecule has 1 aromatic heterocycles. The normalized spacial score (nSPS) is 11.9. The van der Waals surface area contributed by atoms with E-state index >= 15 is 0 Å². The summed E-state index contributed by atoms with van der Waals surface area (Å²) in [5.41, 5.74) is 0.225. The SMILES string of the molecule is Cc1c(Br)c(C(=O)O)c(C)n1CC(F)(F)F. The van der Waals surface area contributed by atoms with Crippen LogP contribution >= 0.6 is 15.9 Å². The Labute approximate surface area is 98.0 Å². The molecule has 90 valence electrons. The summed E-state index contributed by atoms with van der Waals surface area (Å²) in [7, 11) is 0. The molecule has 1 N–H and O–H groups in total. The van der Waals surface area contributed by atoms with Crippen LogP contribution in [0.25, 0.3) is 0 Å². The third kappa shape index (κ3) is 2.40. The van der Waals surface area contributed by atoms with E-state index in [1.807, 2.05) is 0 Å². The second-order valence-electron chi connectivity index (χ2n) is 3.37. The lowest BCUT2D eigenvalue weighted by Crippen LogP contribution is -2.19. The Kier molecular flexibility index (Phi) is 3.37. The van der Waals surface area contributed by atoms with Gasteiger partial charge in [0.05, 0.1) is 10.0 Å². The Morgan fingerprint density at radius 3 is 2.19 bits per heavy atom. The number of halogens is 4. The smallest absolute Gasteiger partial charge is 0.406 e. The molecule has 0 amide bonds. The maximum absolute atomic E-state index is 12.3. The van der Waals surface area contributed by atoms with Crippen molar-refractivity contribution < 1.29 is 23.1 Å². The average molecular weight is 300 g/mol. The van der Waals surface area contributed by atoms with Gasteiger partial charge < -0.3 is 9.67 Å². The molecular formula is C9H9BrF3NO2. The van der Waals surface area contributed by atoms with E-state index in [1.54, 1.807) is 0 Å². The highest BCUT2D eigenvalue weighted by Gasteiger charge is 2.31. The first-order valence-electron chi connectivity index (χ1n) is 4.30. The van der Waals surface area contributed by atoms with Gasteiger partial charge in [0.25, 0.3) is 0 Å². The molecule has 0 saturated heterocycles. The first-order valence-corrected chi connectivity index (χ1v) is 5.09. The minimum absolute atomic E-state index is 0.0919. The molecule has 0 aliphatic heterocycles. The van der Waals surface area contributed by atoms with Gasteiger partial charge in [-0.05, 0) is 29.8 Å². The first-order chi connectivity index (χ1) is 7.15. The van der Waals surface area contributed by atoms with E-state index in [1.165, 1.54) is 13.8 Å². The molecule has 0 bridgehead atoms. The minimum atomic E-state index is -4.37. The van der Waals surface area contributed by atoms with Gasteiger partial charge in [-0.1, -0.05) is 0 Å². The van der Waals surface area contributed by atoms with Crippen LogP contribution in [0, 0.1) is 13.8 Å². The monoisotopic (exact) mass is 299 g/mol. The van der Waals surface area contributed by atoms with Gasteiger partial charge in [0.2, 0.25) is 0 Å². The van der Waals surface area contributed by atoms with Gasteiger partial charge >= 0.3 is 12.1 Å². The zero-order chi connectivity index (χ0) is 12.7. The van der Waals surface area contributed by atoms with Crippen molar-refractivity contribution in [1.29, 1.82) is 0 Å². The Bertz CT molecular complexity index is 437. The van der Waals surface area contributed by atoms with Gasteiger partial charge in [-0.2, -0.15) is 13.2 Å². The highest BCUT2D eigenvalue weighted by Crippen LogP contribution is 2.30. The van der Waals surface area contributed by atoms with Crippen molar-refractivity contribution in [2.75, 3.05) is 0 Å². The summed E-state index contributed by atoms with van der Waals surface area (Å²) in [5.74, 6) is -1.24. The fraction of sp³-hybridized carbons (Fsp3) is 0.444. The van der Waals surface area contributed by atoms with Crippen molar-refractivity contribution in [2.24, 2.45) is 0 Å². The molecule has 0 aliphatic carbocycles. The standard InChI is InChI=1S/C9H9BrF3NO2/c1-4-6(8(15)16)7(10)5(2)14(4)3-9(11,12)13/h3H2,1-2H3,(H,15,16). The van der Waals surface area contributed by atoms with Gasteiger partial charge in [-0.15, -0.1) is 0 Å². The summed E-state index contributed by atoms with van der Waals surface area (Å²) >= 11 is 2.99. The number of hydrogen-bond donors (Lipinski definition) is 1. The van der Waals surface area contributed by atoms with Crippen LogP contribution in [0.3, 0.4) is 0 Å². The second kappa shape index (κ2) is 4.12. The van der Waals surface area contributed by atoms with Crippen molar-refractivity contribution in [3.8, 4) is 0 Å². The van der Waals surface area contributed by atoms with Crippen LogP contribution in [-0.4, -0.2) is 21.8 Å². The molecular weight excluding hydrogens is 291 g/mol. The maximum atomic E-state index is 12.3. The predicted octanol–water partition coefficient (Wildman–Crippen LogP) is 3.13. The number of carboxylic acids is 1. The second-order valence-corrected chi connectivity index (χ2v) is 4.16. The third-order valence-electron chi connectivity index (χ3n) is 2.26. The van der Waals surface area contributed by atoms with E-state index in [0.717, 1.165) is 4.57 Å². The fourth-order valence-electron chi connectivity index (χ4n) is 1.51. The molecule has 1 heterocycles. The molecule has 3 nitrogen and oxygen atoms in total. The molecule has 0 fully saturated rings. The Morgan fingerprint density at radius 2 is 1.88 bits per heavy atom. The van der Waals surface area contributed by atoms with E-state index in [9.17, 15) is 18.0 Å². The predicted molar refractivity (Wildman–Crippen MR) is 54.6 cm³/mol. The number of nitrogens with zero attached hydrogens (tertiary/aromatic N) is 1. The highest BCUT2D eigenvalue weighted by molar-refractivity contribution is 9.10. The van der Waals surface area contributed by atoms with E-state index in [4.69, 9.17) is 5.11 Å². The summed E-state index contributed by atoms with van der Waals surface area (Å²) in [6, 6.07) is 0. The Morgan fingerprint density at radius 1 is 1.38 bits per heavy atom. The van der Waals surface area contributed by atoms with Crippen LogP contribution in [-0.2, 0) is 6.54 Å². The van der Waals surface area contributed by atoms with Gasteiger partial charge in [-0.25, -0.2) is 4.79 Å². The van der Waals surface area contributed by atoms with Crippen molar-refractivity contribution in [3.05, 3.63) is 21.4 Å². The lowest BCUT2D eigenvalue weighted by Gasteiger charge is -2.11. The molecule has 7 heteroatoms. The van der Waals surface area contributed by atoms with Crippen molar-refractivity contribution in [1.82, 2.24) is 4.57 Å². The van der Waals surface area contributed by atoms with E-state index < -0.39 is 18.7 Å². The van der Waals surface area contributed by atoms with Gasteiger partial charge in [-0.3, -0.25) is 0 Å². The highest BCUT2D eigenvalue weighted by atomic mass is 79.9. The summed E-state index contributed by atoms with van der Waals surface area (Å²) in [4.78, 5) is 10.8. The Balaban J connectivity index is 3.32. The van der Waals surface area contributed by atoms with Crippen LogP contribution in [0.4, 0.5) is 13.2 Å². The number of hydrogen-bond acceptors (Lipinski definition) is 1. The summed E-state index contributed by atoms with van der Waals surface area (Å²) < 4.78 is 37.9. The van der Waals surface area contributed by atoms with Crippen LogP contribution < -0.4 is 0 Å². The number of rotatable bonds is 2. The van der Waals surface area contributed by atoms with Crippen LogP contribution in [0.2, 0.25) is 0 Å². The van der Waals surface area contributed by atoms with Crippen molar-refractivity contribution in [3.63, 3.8) is 0 Å².